The Hall–Kier alpha value is -1.33. The van der Waals surface area contributed by atoms with Crippen molar-refractivity contribution < 1.29 is 9.53 Å². The largest absolute Gasteiger partial charge is 0.378 e. The van der Waals surface area contributed by atoms with Gasteiger partial charge in [0, 0.05) is 44.5 Å². The number of carbonyl (C=O) groups excluding carboxylic acids is 1. The normalized spacial score (nSPS) is 21.7. The van der Waals surface area contributed by atoms with Crippen LogP contribution in [0.2, 0.25) is 0 Å². The molecule has 0 aromatic carbocycles. The van der Waals surface area contributed by atoms with E-state index in [9.17, 15) is 4.79 Å². The molecule has 5 heteroatoms. The molecule has 21 heavy (non-hydrogen) atoms. The van der Waals surface area contributed by atoms with Gasteiger partial charge in [0.05, 0.1) is 13.2 Å². The molecule has 2 aliphatic heterocycles. The fourth-order valence-electron chi connectivity index (χ4n) is 3.27. The predicted octanol–water partition coefficient (Wildman–Crippen LogP) is 1.10. The fraction of sp³-hybridized carbons (Fsp3) is 0.688. The first-order valence-corrected chi connectivity index (χ1v) is 7.93. The lowest BCUT2D eigenvalue weighted by atomic mass is 9.95. The van der Waals surface area contributed by atoms with E-state index in [1.54, 1.807) is 0 Å². The summed E-state index contributed by atoms with van der Waals surface area (Å²) in [4.78, 5) is 16.9. The van der Waals surface area contributed by atoms with Gasteiger partial charge in [0.1, 0.15) is 0 Å². The number of ether oxygens (including phenoxy) is 1. The highest BCUT2D eigenvalue weighted by atomic mass is 16.5. The summed E-state index contributed by atoms with van der Waals surface area (Å²) >= 11 is 0. The van der Waals surface area contributed by atoms with E-state index in [-0.39, 0.29) is 5.92 Å². The number of rotatable bonds is 3. The van der Waals surface area contributed by atoms with Crippen LogP contribution in [0.4, 0.5) is 0 Å². The summed E-state index contributed by atoms with van der Waals surface area (Å²) in [5.74, 6) is 0.560. The van der Waals surface area contributed by atoms with Crippen LogP contribution >= 0.6 is 0 Å². The summed E-state index contributed by atoms with van der Waals surface area (Å²) in [5.41, 5.74) is 1.34. The summed E-state index contributed by atoms with van der Waals surface area (Å²) in [5, 5.41) is 0. The van der Waals surface area contributed by atoms with Gasteiger partial charge in [-0.05, 0) is 38.1 Å². The number of nitrogens with zero attached hydrogens (tertiary/aromatic N) is 3. The van der Waals surface area contributed by atoms with Gasteiger partial charge in [0.2, 0.25) is 5.91 Å². The number of aryl methyl sites for hydroxylation is 1. The average Bonchev–Trinajstić information content (AvgIpc) is 2.93. The number of likely N-dealkylation sites (tertiary alicyclic amines) is 1. The molecule has 2 fully saturated rings. The van der Waals surface area contributed by atoms with Gasteiger partial charge in [0.15, 0.2) is 0 Å². The maximum absolute atomic E-state index is 12.5. The molecule has 1 aromatic heterocycles. The van der Waals surface area contributed by atoms with E-state index in [2.05, 4.69) is 34.8 Å². The van der Waals surface area contributed by atoms with Crippen molar-refractivity contribution in [2.45, 2.75) is 19.4 Å². The van der Waals surface area contributed by atoms with Gasteiger partial charge < -0.3 is 14.2 Å². The Morgan fingerprint density at radius 1 is 1.24 bits per heavy atom. The lowest BCUT2D eigenvalue weighted by Crippen LogP contribution is -2.46. The van der Waals surface area contributed by atoms with Crippen molar-refractivity contribution >= 4 is 5.91 Å². The van der Waals surface area contributed by atoms with Gasteiger partial charge in [-0.15, -0.1) is 0 Å². The molecule has 0 N–H and O–H groups in total. The van der Waals surface area contributed by atoms with E-state index in [4.69, 9.17) is 4.74 Å². The molecule has 5 nitrogen and oxygen atoms in total. The van der Waals surface area contributed by atoms with Crippen LogP contribution < -0.4 is 0 Å². The second-order valence-corrected chi connectivity index (χ2v) is 6.10. The Morgan fingerprint density at radius 3 is 2.57 bits per heavy atom. The number of carbonyl (C=O) groups is 1. The number of morpholine rings is 1. The molecular formula is C16H25N3O2. The molecule has 2 aliphatic rings. The predicted molar refractivity (Wildman–Crippen MR) is 80.8 cm³/mol. The van der Waals surface area contributed by atoms with Crippen molar-refractivity contribution in [1.29, 1.82) is 0 Å². The molecule has 116 valence electrons. The van der Waals surface area contributed by atoms with E-state index in [0.717, 1.165) is 45.6 Å². The van der Waals surface area contributed by atoms with E-state index in [0.29, 0.717) is 19.1 Å². The van der Waals surface area contributed by atoms with Crippen LogP contribution in [0.5, 0.6) is 0 Å². The second kappa shape index (κ2) is 6.62. The van der Waals surface area contributed by atoms with Gasteiger partial charge in [-0.2, -0.15) is 0 Å². The molecule has 0 unspecified atom stereocenters. The molecule has 2 saturated heterocycles. The lowest BCUT2D eigenvalue weighted by molar-refractivity contribution is -0.141. The van der Waals surface area contributed by atoms with E-state index < -0.39 is 0 Å². The molecule has 1 amide bonds. The summed E-state index contributed by atoms with van der Waals surface area (Å²) < 4.78 is 7.49. The third-order valence-electron chi connectivity index (χ3n) is 4.70. The topological polar surface area (TPSA) is 37.7 Å². The molecule has 0 saturated carbocycles. The van der Waals surface area contributed by atoms with Gasteiger partial charge >= 0.3 is 0 Å². The maximum Gasteiger partial charge on any atom is 0.225 e. The standard InChI is InChI=1S/C16H25N3O2/c1-17-6-2-3-15(17)13-18-7-4-14(5-8-18)16(20)19-9-11-21-12-10-19/h2-3,6,14H,4-5,7-13H2,1H3. The third kappa shape index (κ3) is 3.47. The van der Waals surface area contributed by atoms with Crippen LogP contribution in [0, 0.1) is 5.92 Å². The minimum absolute atomic E-state index is 0.216. The van der Waals surface area contributed by atoms with E-state index in [1.807, 2.05) is 4.90 Å². The molecule has 0 atom stereocenters. The Bertz CT molecular complexity index is 472. The van der Waals surface area contributed by atoms with Crippen LogP contribution in [0.1, 0.15) is 18.5 Å². The minimum Gasteiger partial charge on any atom is -0.378 e. The third-order valence-corrected chi connectivity index (χ3v) is 4.70. The van der Waals surface area contributed by atoms with Crippen molar-refractivity contribution in [3.8, 4) is 0 Å². The van der Waals surface area contributed by atoms with Crippen molar-refractivity contribution in [2.75, 3.05) is 39.4 Å². The monoisotopic (exact) mass is 291 g/mol. The maximum atomic E-state index is 12.5. The summed E-state index contributed by atoms with van der Waals surface area (Å²) in [6, 6.07) is 4.26. The van der Waals surface area contributed by atoms with Crippen LogP contribution in [0.15, 0.2) is 18.3 Å². The van der Waals surface area contributed by atoms with Gasteiger partial charge in [-0.3, -0.25) is 9.69 Å². The zero-order chi connectivity index (χ0) is 14.7. The molecule has 0 spiro atoms. The number of piperidine rings is 1. The lowest BCUT2D eigenvalue weighted by Gasteiger charge is -2.35. The zero-order valence-electron chi connectivity index (χ0n) is 12.8. The Morgan fingerprint density at radius 2 is 1.95 bits per heavy atom. The van der Waals surface area contributed by atoms with Crippen LogP contribution in [-0.2, 0) is 23.1 Å². The highest BCUT2D eigenvalue weighted by Crippen LogP contribution is 2.21. The first-order chi connectivity index (χ1) is 10.2. The first kappa shape index (κ1) is 14.6. The summed E-state index contributed by atoms with van der Waals surface area (Å²) in [7, 11) is 2.09. The van der Waals surface area contributed by atoms with Crippen molar-refractivity contribution in [3.63, 3.8) is 0 Å². The molecule has 0 bridgehead atoms. The number of hydrogen-bond donors (Lipinski definition) is 0. The smallest absolute Gasteiger partial charge is 0.225 e. The first-order valence-electron chi connectivity index (χ1n) is 7.93. The summed E-state index contributed by atoms with van der Waals surface area (Å²) in [6.45, 7) is 5.95. The van der Waals surface area contributed by atoms with Crippen molar-refractivity contribution in [2.24, 2.45) is 13.0 Å². The molecule has 1 aromatic rings. The highest BCUT2D eigenvalue weighted by molar-refractivity contribution is 5.79. The molecule has 3 rings (SSSR count). The fourth-order valence-corrected chi connectivity index (χ4v) is 3.27. The molecule has 0 aliphatic carbocycles. The number of hydrogen-bond acceptors (Lipinski definition) is 3. The van der Waals surface area contributed by atoms with Gasteiger partial charge in [-0.1, -0.05) is 0 Å². The van der Waals surface area contributed by atoms with Gasteiger partial charge in [-0.25, -0.2) is 0 Å². The van der Waals surface area contributed by atoms with E-state index >= 15 is 0 Å². The highest BCUT2D eigenvalue weighted by Gasteiger charge is 2.29. The Kier molecular flexibility index (Phi) is 4.60. The van der Waals surface area contributed by atoms with Gasteiger partial charge in [0.25, 0.3) is 0 Å². The number of amides is 1. The Labute approximate surface area is 126 Å². The Balaban J connectivity index is 1.48. The average molecular weight is 291 g/mol. The molecule has 0 radical (unpaired) electrons. The van der Waals surface area contributed by atoms with E-state index in [1.165, 1.54) is 5.69 Å². The van der Waals surface area contributed by atoms with Crippen LogP contribution in [-0.4, -0.2) is 59.7 Å². The minimum atomic E-state index is 0.216. The van der Waals surface area contributed by atoms with Crippen LogP contribution in [0.3, 0.4) is 0 Å². The molecular weight excluding hydrogens is 266 g/mol. The quantitative estimate of drug-likeness (QED) is 0.837. The number of aromatic nitrogens is 1. The zero-order valence-corrected chi connectivity index (χ0v) is 12.8. The molecule has 3 heterocycles. The van der Waals surface area contributed by atoms with Crippen molar-refractivity contribution in [1.82, 2.24) is 14.4 Å². The second-order valence-electron chi connectivity index (χ2n) is 6.10. The summed E-state index contributed by atoms with van der Waals surface area (Å²) in [6.07, 6.45) is 4.06. The van der Waals surface area contributed by atoms with Crippen molar-refractivity contribution in [3.05, 3.63) is 24.0 Å². The SMILES string of the molecule is Cn1cccc1CN1CCC(C(=O)N2CCOCC2)CC1. The van der Waals surface area contributed by atoms with Crippen LogP contribution in [0.25, 0.3) is 0 Å².